The molecule has 0 aliphatic rings. The van der Waals surface area contributed by atoms with Crippen LogP contribution in [0.4, 0.5) is 5.69 Å². The summed E-state index contributed by atoms with van der Waals surface area (Å²) in [6.07, 6.45) is 2.30. The summed E-state index contributed by atoms with van der Waals surface area (Å²) in [4.78, 5) is 23.1. The molecule has 0 unspecified atom stereocenters. The second-order valence-electron chi connectivity index (χ2n) is 4.36. The highest BCUT2D eigenvalue weighted by Gasteiger charge is 2.15. The summed E-state index contributed by atoms with van der Waals surface area (Å²) in [5.74, 6) is -1.32. The zero-order chi connectivity index (χ0) is 14.7. The molecule has 0 spiro atoms. The molecule has 6 heteroatoms. The molecule has 2 N–H and O–H groups in total. The Morgan fingerprint density at radius 2 is 2.15 bits per heavy atom. The van der Waals surface area contributed by atoms with Crippen molar-refractivity contribution in [1.29, 1.82) is 0 Å². The van der Waals surface area contributed by atoms with E-state index in [1.165, 1.54) is 12.1 Å². The van der Waals surface area contributed by atoms with Gasteiger partial charge in [0.25, 0.3) is 5.91 Å². The van der Waals surface area contributed by atoms with Crippen molar-refractivity contribution in [3.8, 4) is 0 Å². The van der Waals surface area contributed by atoms with Crippen molar-refractivity contribution in [2.75, 3.05) is 5.32 Å². The number of hydrogen-bond acceptors (Lipinski definition) is 3. The number of nitrogens with zero attached hydrogens (tertiary/aromatic N) is 2. The molecule has 0 saturated heterocycles. The number of carboxylic acids is 1. The highest BCUT2D eigenvalue weighted by molar-refractivity contribution is 6.05. The van der Waals surface area contributed by atoms with Crippen LogP contribution in [0.1, 0.15) is 33.3 Å². The molecule has 0 aliphatic heterocycles. The van der Waals surface area contributed by atoms with Gasteiger partial charge in [0.1, 0.15) is 0 Å². The van der Waals surface area contributed by atoms with Gasteiger partial charge in [0.05, 0.1) is 16.8 Å². The van der Waals surface area contributed by atoms with Gasteiger partial charge < -0.3 is 10.4 Å². The number of nitrogens with one attached hydrogen (secondary N) is 1. The lowest BCUT2D eigenvalue weighted by Crippen LogP contribution is -2.13. The molecule has 0 bridgehead atoms. The Morgan fingerprint density at radius 1 is 1.40 bits per heavy atom. The lowest BCUT2D eigenvalue weighted by atomic mass is 10.1. The van der Waals surface area contributed by atoms with Gasteiger partial charge in [-0.2, -0.15) is 5.10 Å². The third-order valence-corrected chi connectivity index (χ3v) is 2.85. The first kappa shape index (κ1) is 13.8. The Morgan fingerprint density at radius 3 is 2.80 bits per heavy atom. The van der Waals surface area contributed by atoms with Crippen molar-refractivity contribution < 1.29 is 14.7 Å². The molecule has 2 aromatic rings. The second kappa shape index (κ2) is 5.56. The SMILES string of the molecule is CCc1nn(C)cc1C(=O)Nc1cccc(C(=O)O)c1. The van der Waals surface area contributed by atoms with Crippen LogP contribution in [0.15, 0.2) is 30.5 Å². The lowest BCUT2D eigenvalue weighted by Gasteiger charge is -2.05. The maximum Gasteiger partial charge on any atom is 0.335 e. The van der Waals surface area contributed by atoms with E-state index in [9.17, 15) is 9.59 Å². The van der Waals surface area contributed by atoms with Gasteiger partial charge in [-0.3, -0.25) is 9.48 Å². The van der Waals surface area contributed by atoms with E-state index in [-0.39, 0.29) is 11.5 Å². The van der Waals surface area contributed by atoms with Crippen LogP contribution in [0, 0.1) is 0 Å². The number of rotatable bonds is 4. The van der Waals surface area contributed by atoms with E-state index < -0.39 is 5.97 Å². The Kier molecular flexibility index (Phi) is 3.84. The van der Waals surface area contributed by atoms with Crippen LogP contribution in [0.5, 0.6) is 0 Å². The number of amides is 1. The predicted molar refractivity (Wildman–Crippen MR) is 73.9 cm³/mol. The highest BCUT2D eigenvalue weighted by Crippen LogP contribution is 2.14. The van der Waals surface area contributed by atoms with E-state index in [0.29, 0.717) is 23.4 Å². The first-order valence-corrected chi connectivity index (χ1v) is 6.18. The van der Waals surface area contributed by atoms with Gasteiger partial charge in [-0.15, -0.1) is 0 Å². The fourth-order valence-electron chi connectivity index (χ4n) is 1.91. The molecular weight excluding hydrogens is 258 g/mol. The van der Waals surface area contributed by atoms with E-state index in [1.807, 2.05) is 6.92 Å². The second-order valence-corrected chi connectivity index (χ2v) is 4.36. The zero-order valence-corrected chi connectivity index (χ0v) is 11.3. The summed E-state index contributed by atoms with van der Waals surface area (Å²) in [7, 11) is 1.75. The van der Waals surface area contributed by atoms with Crippen molar-refractivity contribution >= 4 is 17.6 Å². The zero-order valence-electron chi connectivity index (χ0n) is 11.3. The number of aromatic carboxylic acids is 1. The minimum atomic E-state index is -1.03. The monoisotopic (exact) mass is 273 g/mol. The lowest BCUT2D eigenvalue weighted by molar-refractivity contribution is 0.0696. The van der Waals surface area contributed by atoms with Crippen molar-refractivity contribution in [1.82, 2.24) is 9.78 Å². The molecule has 1 aromatic carbocycles. The van der Waals surface area contributed by atoms with E-state index in [4.69, 9.17) is 5.11 Å². The summed E-state index contributed by atoms with van der Waals surface area (Å²) in [6, 6.07) is 6.12. The van der Waals surface area contributed by atoms with E-state index >= 15 is 0 Å². The highest BCUT2D eigenvalue weighted by atomic mass is 16.4. The van der Waals surface area contributed by atoms with Crippen LogP contribution in [0.2, 0.25) is 0 Å². The summed E-state index contributed by atoms with van der Waals surface area (Å²) < 4.78 is 1.58. The molecule has 0 atom stereocenters. The van der Waals surface area contributed by atoms with Crippen molar-refractivity contribution in [3.63, 3.8) is 0 Å². The van der Waals surface area contributed by atoms with Gasteiger partial charge in [-0.05, 0) is 24.6 Å². The number of benzene rings is 1. The molecule has 0 radical (unpaired) electrons. The maximum atomic E-state index is 12.2. The molecule has 0 aliphatic carbocycles. The minimum absolute atomic E-state index is 0.129. The number of hydrogen-bond donors (Lipinski definition) is 2. The molecule has 2 rings (SSSR count). The third-order valence-electron chi connectivity index (χ3n) is 2.85. The van der Waals surface area contributed by atoms with Gasteiger partial charge >= 0.3 is 5.97 Å². The largest absolute Gasteiger partial charge is 0.478 e. The minimum Gasteiger partial charge on any atom is -0.478 e. The molecule has 0 saturated carbocycles. The Hall–Kier alpha value is -2.63. The van der Waals surface area contributed by atoms with Crippen LogP contribution in [0.25, 0.3) is 0 Å². The van der Waals surface area contributed by atoms with Gasteiger partial charge in [0, 0.05) is 18.9 Å². The van der Waals surface area contributed by atoms with Crippen LogP contribution >= 0.6 is 0 Å². The van der Waals surface area contributed by atoms with Crippen molar-refractivity contribution in [3.05, 3.63) is 47.3 Å². The van der Waals surface area contributed by atoms with Crippen LogP contribution in [0.3, 0.4) is 0 Å². The molecule has 0 fully saturated rings. The number of carbonyl (C=O) groups is 2. The Labute approximate surface area is 116 Å². The van der Waals surface area contributed by atoms with E-state index in [1.54, 1.807) is 30.1 Å². The number of aryl methyl sites for hydroxylation is 2. The van der Waals surface area contributed by atoms with Crippen LogP contribution in [-0.4, -0.2) is 26.8 Å². The number of carbonyl (C=O) groups excluding carboxylic acids is 1. The molecule has 1 heterocycles. The maximum absolute atomic E-state index is 12.2. The van der Waals surface area contributed by atoms with Crippen LogP contribution < -0.4 is 5.32 Å². The van der Waals surface area contributed by atoms with Crippen LogP contribution in [-0.2, 0) is 13.5 Å². The summed E-state index contributed by atoms with van der Waals surface area (Å²) in [5.41, 5.74) is 1.78. The van der Waals surface area contributed by atoms with Gasteiger partial charge in [0.15, 0.2) is 0 Å². The van der Waals surface area contributed by atoms with Crippen molar-refractivity contribution in [2.24, 2.45) is 7.05 Å². The predicted octanol–water partition coefficient (Wildman–Crippen LogP) is 1.93. The first-order valence-electron chi connectivity index (χ1n) is 6.18. The molecule has 1 amide bonds. The Balaban J connectivity index is 2.23. The summed E-state index contributed by atoms with van der Waals surface area (Å²) in [6.45, 7) is 1.92. The quantitative estimate of drug-likeness (QED) is 0.891. The standard InChI is InChI=1S/C14H15N3O3/c1-3-12-11(8-17(2)16-12)13(18)15-10-6-4-5-9(7-10)14(19)20/h4-8H,3H2,1-2H3,(H,15,18)(H,19,20). The fourth-order valence-corrected chi connectivity index (χ4v) is 1.91. The summed E-state index contributed by atoms with van der Waals surface area (Å²) >= 11 is 0. The molecule has 6 nitrogen and oxygen atoms in total. The average molecular weight is 273 g/mol. The Bertz CT molecular complexity index is 661. The van der Waals surface area contributed by atoms with Gasteiger partial charge in [-0.25, -0.2) is 4.79 Å². The first-order chi connectivity index (χ1) is 9.51. The van der Waals surface area contributed by atoms with Gasteiger partial charge in [0.2, 0.25) is 0 Å². The number of aromatic nitrogens is 2. The number of anilines is 1. The molecule has 20 heavy (non-hydrogen) atoms. The fraction of sp³-hybridized carbons (Fsp3) is 0.214. The van der Waals surface area contributed by atoms with E-state index in [0.717, 1.165) is 0 Å². The number of carboxylic acid groups (broad SMARTS) is 1. The topological polar surface area (TPSA) is 84.2 Å². The van der Waals surface area contributed by atoms with Crippen molar-refractivity contribution in [2.45, 2.75) is 13.3 Å². The smallest absolute Gasteiger partial charge is 0.335 e. The van der Waals surface area contributed by atoms with Gasteiger partial charge in [-0.1, -0.05) is 13.0 Å². The molecule has 104 valence electrons. The molecular formula is C14H15N3O3. The van der Waals surface area contributed by atoms with E-state index in [2.05, 4.69) is 10.4 Å². The summed E-state index contributed by atoms with van der Waals surface area (Å²) in [5, 5.41) is 15.8. The normalized spacial score (nSPS) is 10.3. The molecule has 1 aromatic heterocycles. The average Bonchev–Trinajstić information content (AvgIpc) is 2.80. The third kappa shape index (κ3) is 2.85.